The summed E-state index contributed by atoms with van der Waals surface area (Å²) < 4.78 is 48.9. The summed E-state index contributed by atoms with van der Waals surface area (Å²) in [6.45, 7) is 8.97. The van der Waals surface area contributed by atoms with Gasteiger partial charge in [0.2, 0.25) is 0 Å². The van der Waals surface area contributed by atoms with Crippen molar-refractivity contribution in [2.24, 2.45) is 10.4 Å². The Labute approximate surface area is 220 Å². The Balaban J connectivity index is 1.31. The molecule has 7 nitrogen and oxygen atoms in total. The Morgan fingerprint density at radius 1 is 1.22 bits per heavy atom. The number of hydrogen-bond donors (Lipinski definition) is 1. The minimum atomic E-state index is -1.21. The second kappa shape index (κ2) is 10.2. The minimum Gasteiger partial charge on any atom is -0.464 e. The molecule has 1 aliphatic heterocycles. The van der Waals surface area contributed by atoms with Gasteiger partial charge in [-0.05, 0) is 25.0 Å². The molecule has 1 N–H and O–H groups in total. The van der Waals surface area contributed by atoms with E-state index >= 15 is 0 Å². The quantitative estimate of drug-likeness (QED) is 0.241. The van der Waals surface area contributed by atoms with Gasteiger partial charge in [0.1, 0.15) is 18.1 Å². The second-order valence-electron chi connectivity index (χ2n) is 11.1. The van der Waals surface area contributed by atoms with Crippen LogP contribution in [0, 0.1) is 17.0 Å². The van der Waals surface area contributed by atoms with Gasteiger partial charge in [-0.2, -0.15) is 0 Å². The van der Waals surface area contributed by atoms with Crippen LogP contribution in [0.4, 0.5) is 14.5 Å². The first-order valence-corrected chi connectivity index (χ1v) is 16.5. The third-order valence-electron chi connectivity index (χ3n) is 6.85. The van der Waals surface area contributed by atoms with Crippen molar-refractivity contribution in [1.82, 2.24) is 9.55 Å². The molecule has 0 saturated heterocycles. The summed E-state index contributed by atoms with van der Waals surface area (Å²) in [5, 5.41) is 3.66. The maximum absolute atomic E-state index is 15.0. The molecule has 0 bridgehead atoms. The Hall–Kier alpha value is -2.69. The first-order chi connectivity index (χ1) is 17.6. The van der Waals surface area contributed by atoms with Gasteiger partial charge in [-0.25, -0.2) is 18.8 Å². The molecule has 1 fully saturated rings. The van der Waals surface area contributed by atoms with Crippen LogP contribution in [-0.4, -0.2) is 43.4 Å². The van der Waals surface area contributed by atoms with Crippen LogP contribution in [0.25, 0.3) is 11.0 Å². The van der Waals surface area contributed by atoms with Crippen LogP contribution in [0.5, 0.6) is 11.5 Å². The highest BCUT2D eigenvalue weighted by Gasteiger charge is 2.40. The highest BCUT2D eigenvalue weighted by molar-refractivity contribution is 6.76. The average molecular weight is 549 g/mol. The number of aromatic nitrogens is 2. The Kier molecular flexibility index (Phi) is 7.17. The summed E-state index contributed by atoms with van der Waals surface area (Å²) in [6, 6.07) is 5.12. The molecule has 0 atom stereocenters. The van der Waals surface area contributed by atoms with Crippen molar-refractivity contribution in [3.63, 3.8) is 0 Å². The molecule has 1 spiro atoms. The van der Waals surface area contributed by atoms with E-state index in [0.717, 1.165) is 31.0 Å². The molecule has 0 radical (unpaired) electrons. The summed E-state index contributed by atoms with van der Waals surface area (Å²) >= 11 is 6.47. The molecule has 1 aliphatic carbocycles. The van der Waals surface area contributed by atoms with E-state index in [2.05, 4.69) is 34.9 Å². The first kappa shape index (κ1) is 25.9. The SMILES string of the molecule is C[Si](C)(C)CCOCn1cc(Cl)c2c(Oc3c(F)cc(NC4=NCC5(CCC5)CO4)cc3F)ccnc21. The van der Waals surface area contributed by atoms with E-state index in [4.69, 9.17) is 25.8 Å². The molecule has 3 heterocycles. The van der Waals surface area contributed by atoms with Crippen molar-refractivity contribution >= 4 is 42.4 Å². The lowest BCUT2D eigenvalue weighted by molar-refractivity contribution is 0.0461. The number of pyridine rings is 1. The highest BCUT2D eigenvalue weighted by atomic mass is 35.5. The van der Waals surface area contributed by atoms with Crippen LogP contribution in [0.1, 0.15) is 19.3 Å². The molecule has 0 amide bonds. The van der Waals surface area contributed by atoms with Gasteiger partial charge in [-0.1, -0.05) is 37.7 Å². The van der Waals surface area contributed by atoms with Crippen molar-refractivity contribution in [1.29, 1.82) is 0 Å². The molecular weight excluding hydrogens is 518 g/mol. The maximum atomic E-state index is 15.0. The van der Waals surface area contributed by atoms with Gasteiger partial charge in [-0.15, -0.1) is 0 Å². The normalized spacial score (nSPS) is 16.9. The van der Waals surface area contributed by atoms with Crippen LogP contribution in [0.2, 0.25) is 30.7 Å². The van der Waals surface area contributed by atoms with E-state index in [0.29, 0.717) is 35.8 Å². The Morgan fingerprint density at radius 3 is 2.59 bits per heavy atom. The van der Waals surface area contributed by atoms with Gasteiger partial charge < -0.3 is 24.1 Å². The number of aliphatic imine (C=N–C) groups is 1. The number of nitrogens with zero attached hydrogens (tertiary/aromatic N) is 3. The minimum absolute atomic E-state index is 0.135. The van der Waals surface area contributed by atoms with E-state index < -0.39 is 25.5 Å². The smallest absolute Gasteiger partial charge is 0.289 e. The van der Waals surface area contributed by atoms with Gasteiger partial charge in [0.15, 0.2) is 17.4 Å². The summed E-state index contributed by atoms with van der Waals surface area (Å²) in [5.74, 6) is -2.08. The highest BCUT2D eigenvalue weighted by Crippen LogP contribution is 2.43. The molecular formula is C26H31ClF2N4O3Si. The molecule has 5 rings (SSSR count). The number of nitrogens with one attached hydrogen (secondary N) is 1. The van der Waals surface area contributed by atoms with Gasteiger partial charge in [-0.3, -0.25) is 0 Å². The van der Waals surface area contributed by atoms with Crippen molar-refractivity contribution in [3.8, 4) is 11.5 Å². The lowest BCUT2D eigenvalue weighted by Crippen LogP contribution is -2.42. The summed E-state index contributed by atoms with van der Waals surface area (Å²) in [6.07, 6.45) is 6.57. The van der Waals surface area contributed by atoms with E-state index in [1.165, 1.54) is 18.7 Å². The largest absolute Gasteiger partial charge is 0.464 e. The van der Waals surface area contributed by atoms with Crippen molar-refractivity contribution < 1.29 is 23.0 Å². The monoisotopic (exact) mass is 548 g/mol. The fraction of sp³-hybridized carbons (Fsp3) is 0.462. The molecule has 2 aromatic heterocycles. The first-order valence-electron chi connectivity index (χ1n) is 12.4. The number of ether oxygens (including phenoxy) is 3. The van der Waals surface area contributed by atoms with Crippen molar-refractivity contribution in [2.75, 3.05) is 25.1 Å². The summed E-state index contributed by atoms with van der Waals surface area (Å²) in [4.78, 5) is 8.79. The fourth-order valence-electron chi connectivity index (χ4n) is 4.43. The zero-order chi connectivity index (χ0) is 26.2. The van der Waals surface area contributed by atoms with Crippen molar-refractivity contribution in [2.45, 2.75) is 51.7 Å². The number of hydrogen-bond acceptors (Lipinski definition) is 6. The second-order valence-corrected chi connectivity index (χ2v) is 17.1. The lowest BCUT2D eigenvalue weighted by Gasteiger charge is -2.42. The lowest BCUT2D eigenvalue weighted by atomic mass is 9.69. The van der Waals surface area contributed by atoms with E-state index in [1.807, 2.05) is 0 Å². The standard InChI is InChI=1S/C26H31ClF2N4O3Si/c1-37(2,3)10-9-34-16-33-13-18(27)22-21(5-8-30-24(22)33)36-23-19(28)11-17(12-20(23)29)32-25-31-14-26(15-35-25)6-4-7-26/h5,8,11-13H,4,6-7,9-10,14-16H2,1-3H3,(H,31,32). The van der Waals surface area contributed by atoms with E-state index in [9.17, 15) is 8.78 Å². The average Bonchev–Trinajstić information content (AvgIpc) is 3.14. The summed E-state index contributed by atoms with van der Waals surface area (Å²) in [7, 11) is -1.21. The number of fused-ring (bicyclic) bond motifs is 1. The summed E-state index contributed by atoms with van der Waals surface area (Å²) in [5.41, 5.74) is 0.826. The third kappa shape index (κ3) is 5.76. The molecule has 198 valence electrons. The van der Waals surface area contributed by atoms with Gasteiger partial charge >= 0.3 is 0 Å². The fourth-order valence-corrected chi connectivity index (χ4v) is 5.49. The van der Waals surface area contributed by atoms with Crippen LogP contribution >= 0.6 is 11.6 Å². The van der Waals surface area contributed by atoms with Crippen LogP contribution in [0.3, 0.4) is 0 Å². The third-order valence-corrected chi connectivity index (χ3v) is 8.84. The zero-order valence-electron chi connectivity index (χ0n) is 21.2. The predicted molar refractivity (Wildman–Crippen MR) is 143 cm³/mol. The van der Waals surface area contributed by atoms with Gasteiger partial charge in [0, 0.05) is 50.3 Å². The number of rotatable bonds is 8. The predicted octanol–water partition coefficient (Wildman–Crippen LogP) is 7.04. The number of amidine groups is 1. The number of anilines is 1. The van der Waals surface area contributed by atoms with E-state index in [1.54, 1.807) is 10.8 Å². The maximum Gasteiger partial charge on any atom is 0.289 e. The van der Waals surface area contributed by atoms with Crippen LogP contribution in [-0.2, 0) is 16.2 Å². The molecule has 1 saturated carbocycles. The molecule has 1 aromatic carbocycles. The van der Waals surface area contributed by atoms with Crippen LogP contribution in [0.15, 0.2) is 35.6 Å². The van der Waals surface area contributed by atoms with Gasteiger partial charge in [0.25, 0.3) is 6.02 Å². The van der Waals surface area contributed by atoms with Gasteiger partial charge in [0.05, 0.1) is 23.6 Å². The number of benzene rings is 1. The Morgan fingerprint density at radius 2 is 1.97 bits per heavy atom. The molecule has 37 heavy (non-hydrogen) atoms. The molecule has 3 aromatic rings. The van der Waals surface area contributed by atoms with Crippen molar-refractivity contribution in [3.05, 3.63) is 47.2 Å². The van der Waals surface area contributed by atoms with Crippen LogP contribution < -0.4 is 10.1 Å². The topological polar surface area (TPSA) is 69.9 Å². The zero-order valence-corrected chi connectivity index (χ0v) is 23.0. The molecule has 2 aliphatic rings. The molecule has 11 heteroatoms. The number of halogens is 3. The molecule has 0 unspecified atom stereocenters. The van der Waals surface area contributed by atoms with E-state index in [-0.39, 0.29) is 29.6 Å². The Bertz CT molecular complexity index is 1310.